The summed E-state index contributed by atoms with van der Waals surface area (Å²) in [7, 11) is 0. The Balaban J connectivity index is 1.67. The van der Waals surface area contributed by atoms with Crippen LogP contribution in [0.15, 0.2) is 17.9 Å². The van der Waals surface area contributed by atoms with Gasteiger partial charge < -0.3 is 15.4 Å². The van der Waals surface area contributed by atoms with Gasteiger partial charge in [-0.15, -0.1) is 11.3 Å². The molecular formula is C19H24N6O2S. The summed E-state index contributed by atoms with van der Waals surface area (Å²) in [4.78, 5) is 21.7. The highest BCUT2D eigenvalue weighted by molar-refractivity contribution is 7.11. The Morgan fingerprint density at radius 3 is 2.89 bits per heavy atom. The normalized spacial score (nSPS) is 15.1. The Hall–Kier alpha value is -2.52. The molecule has 1 aliphatic heterocycles. The molecule has 0 saturated carbocycles. The molecule has 28 heavy (non-hydrogen) atoms. The van der Waals surface area contributed by atoms with Crippen LogP contribution in [0.2, 0.25) is 0 Å². The van der Waals surface area contributed by atoms with Crippen molar-refractivity contribution in [2.24, 2.45) is 0 Å². The van der Waals surface area contributed by atoms with Crippen molar-refractivity contribution in [1.29, 1.82) is 0 Å². The van der Waals surface area contributed by atoms with E-state index in [1.807, 2.05) is 17.8 Å². The summed E-state index contributed by atoms with van der Waals surface area (Å²) in [5, 5.41) is 12.2. The predicted molar refractivity (Wildman–Crippen MR) is 109 cm³/mol. The van der Waals surface area contributed by atoms with Crippen molar-refractivity contribution in [1.82, 2.24) is 25.1 Å². The lowest BCUT2D eigenvalue weighted by atomic mass is 10.0. The third-order valence-electron chi connectivity index (χ3n) is 5.04. The van der Waals surface area contributed by atoms with Crippen LogP contribution < -0.4 is 10.6 Å². The van der Waals surface area contributed by atoms with E-state index in [4.69, 9.17) is 9.72 Å². The van der Waals surface area contributed by atoms with Crippen molar-refractivity contribution in [2.45, 2.75) is 45.8 Å². The van der Waals surface area contributed by atoms with E-state index in [1.165, 1.54) is 11.3 Å². The zero-order chi connectivity index (χ0) is 19.5. The van der Waals surface area contributed by atoms with Gasteiger partial charge in [-0.25, -0.2) is 9.67 Å². The maximum Gasteiger partial charge on any atom is 0.263 e. The van der Waals surface area contributed by atoms with Crippen LogP contribution >= 0.6 is 11.3 Å². The number of anilines is 1. The highest BCUT2D eigenvalue weighted by Crippen LogP contribution is 2.30. The summed E-state index contributed by atoms with van der Waals surface area (Å²) >= 11 is 1.33. The zero-order valence-electron chi connectivity index (χ0n) is 16.1. The lowest BCUT2D eigenvalue weighted by Gasteiger charge is -2.26. The highest BCUT2D eigenvalue weighted by atomic mass is 32.1. The number of hydrogen-bond acceptors (Lipinski definition) is 7. The highest BCUT2D eigenvalue weighted by Gasteiger charge is 2.21. The molecular weight excluding hydrogens is 376 g/mol. The van der Waals surface area contributed by atoms with E-state index in [0.29, 0.717) is 17.5 Å². The molecule has 0 unspecified atom stereocenters. The molecule has 148 valence electrons. The number of amides is 1. The van der Waals surface area contributed by atoms with Crippen molar-refractivity contribution in [3.05, 3.63) is 34.0 Å². The molecule has 1 fully saturated rings. The molecule has 1 aliphatic rings. The molecule has 0 spiro atoms. The summed E-state index contributed by atoms with van der Waals surface area (Å²) in [6, 6.07) is 0.333. The van der Waals surface area contributed by atoms with Gasteiger partial charge >= 0.3 is 0 Å². The van der Waals surface area contributed by atoms with E-state index in [2.05, 4.69) is 27.6 Å². The van der Waals surface area contributed by atoms with Gasteiger partial charge in [-0.05, 0) is 26.7 Å². The van der Waals surface area contributed by atoms with Crippen LogP contribution in [0.25, 0.3) is 11.0 Å². The molecule has 4 heterocycles. The van der Waals surface area contributed by atoms with Gasteiger partial charge in [0.05, 0.1) is 29.0 Å². The average molecular weight is 401 g/mol. The number of nitrogens with one attached hydrogen (secondary N) is 2. The minimum Gasteiger partial charge on any atom is -0.381 e. The first-order valence-corrected chi connectivity index (χ1v) is 10.4. The molecule has 1 amide bonds. The second-order valence-corrected chi connectivity index (χ2v) is 7.71. The first kappa shape index (κ1) is 18.8. The molecule has 8 nitrogen and oxygen atoms in total. The zero-order valence-corrected chi connectivity index (χ0v) is 16.9. The molecule has 0 radical (unpaired) electrons. The molecule has 0 aliphatic carbocycles. The maximum absolute atomic E-state index is 12.4. The van der Waals surface area contributed by atoms with Crippen LogP contribution in [0.1, 0.15) is 40.7 Å². The van der Waals surface area contributed by atoms with Gasteiger partial charge in [0.25, 0.3) is 5.91 Å². The number of carbonyl (C=O) groups excluding carboxylic acids is 1. The van der Waals surface area contributed by atoms with E-state index >= 15 is 0 Å². The van der Waals surface area contributed by atoms with Gasteiger partial charge in [-0.2, -0.15) is 5.10 Å². The van der Waals surface area contributed by atoms with E-state index in [0.717, 1.165) is 60.6 Å². The van der Waals surface area contributed by atoms with Crippen LogP contribution in [-0.4, -0.2) is 44.9 Å². The average Bonchev–Trinajstić information content (AvgIpc) is 3.38. The van der Waals surface area contributed by atoms with E-state index < -0.39 is 0 Å². The largest absolute Gasteiger partial charge is 0.381 e. The monoisotopic (exact) mass is 400 g/mol. The predicted octanol–water partition coefficient (Wildman–Crippen LogP) is 2.74. The van der Waals surface area contributed by atoms with Gasteiger partial charge in [0.1, 0.15) is 4.88 Å². The molecule has 0 bridgehead atoms. The number of rotatable bonds is 6. The minimum atomic E-state index is -0.122. The fourth-order valence-corrected chi connectivity index (χ4v) is 4.02. The number of aromatic nitrogens is 4. The molecule has 9 heteroatoms. The Morgan fingerprint density at radius 1 is 1.36 bits per heavy atom. The number of carbonyl (C=O) groups is 1. The third kappa shape index (κ3) is 3.72. The summed E-state index contributed by atoms with van der Waals surface area (Å²) < 4.78 is 7.39. The maximum atomic E-state index is 12.4. The topological polar surface area (TPSA) is 94.0 Å². The van der Waals surface area contributed by atoms with Crippen molar-refractivity contribution in [3.8, 4) is 0 Å². The Bertz CT molecular complexity index is 963. The molecule has 0 atom stereocenters. The third-order valence-corrected chi connectivity index (χ3v) is 5.82. The van der Waals surface area contributed by atoms with Crippen LogP contribution in [0, 0.1) is 6.92 Å². The number of hydrogen-bond donors (Lipinski definition) is 2. The van der Waals surface area contributed by atoms with Crippen LogP contribution in [0.5, 0.6) is 0 Å². The second-order valence-electron chi connectivity index (χ2n) is 6.83. The summed E-state index contributed by atoms with van der Waals surface area (Å²) in [6.45, 7) is 6.71. The molecule has 4 rings (SSSR count). The molecule has 2 N–H and O–H groups in total. The Morgan fingerprint density at radius 2 is 2.18 bits per heavy atom. The van der Waals surface area contributed by atoms with Gasteiger partial charge in [0, 0.05) is 43.6 Å². The van der Waals surface area contributed by atoms with Crippen molar-refractivity contribution >= 4 is 34.0 Å². The number of thiazole rings is 1. The van der Waals surface area contributed by atoms with Crippen LogP contribution in [-0.2, 0) is 17.8 Å². The van der Waals surface area contributed by atoms with Crippen molar-refractivity contribution in [2.75, 3.05) is 18.5 Å². The van der Waals surface area contributed by atoms with Gasteiger partial charge in [-0.1, -0.05) is 0 Å². The smallest absolute Gasteiger partial charge is 0.263 e. The summed E-state index contributed by atoms with van der Waals surface area (Å²) in [5.74, 6) is -0.122. The lowest BCUT2D eigenvalue weighted by molar-refractivity contribution is 0.0904. The van der Waals surface area contributed by atoms with Gasteiger partial charge in [0.15, 0.2) is 5.65 Å². The van der Waals surface area contributed by atoms with E-state index in [-0.39, 0.29) is 5.91 Å². The van der Waals surface area contributed by atoms with E-state index in [9.17, 15) is 4.79 Å². The van der Waals surface area contributed by atoms with Gasteiger partial charge in [0.2, 0.25) is 0 Å². The molecule has 1 saturated heterocycles. The van der Waals surface area contributed by atoms with Crippen molar-refractivity contribution in [3.63, 3.8) is 0 Å². The lowest BCUT2D eigenvalue weighted by Crippen LogP contribution is -2.29. The van der Waals surface area contributed by atoms with Crippen molar-refractivity contribution < 1.29 is 9.53 Å². The SMILES string of the molecule is CCn1ncc2c(NC3CCOCC3)c(CNC(=O)c3cncs3)c(C)nc21. The Kier molecular flexibility index (Phi) is 5.54. The number of nitrogens with zero attached hydrogens (tertiary/aromatic N) is 4. The van der Waals surface area contributed by atoms with Gasteiger partial charge in [-0.3, -0.25) is 9.78 Å². The summed E-state index contributed by atoms with van der Waals surface area (Å²) in [6.07, 6.45) is 5.36. The van der Waals surface area contributed by atoms with Crippen LogP contribution in [0.4, 0.5) is 5.69 Å². The molecule has 3 aromatic heterocycles. The minimum absolute atomic E-state index is 0.122. The Labute approximate surface area is 167 Å². The number of fused-ring (bicyclic) bond motifs is 1. The first-order valence-electron chi connectivity index (χ1n) is 9.53. The number of aryl methyl sites for hydroxylation is 2. The second kappa shape index (κ2) is 8.24. The molecule has 0 aromatic carbocycles. The number of pyridine rings is 1. The summed E-state index contributed by atoms with van der Waals surface area (Å²) in [5.41, 5.74) is 5.42. The fourth-order valence-electron chi connectivity index (χ4n) is 3.49. The van der Waals surface area contributed by atoms with Crippen LogP contribution in [0.3, 0.4) is 0 Å². The standard InChI is InChI=1S/C19H24N6O2S/c1-3-25-18-15(9-22-25)17(24-13-4-6-27-7-5-13)14(12(2)23-18)8-21-19(26)16-10-20-11-28-16/h9-11,13H,3-8H2,1-2H3,(H,21,26)(H,23,24). The quantitative estimate of drug-likeness (QED) is 0.661. The molecule has 3 aromatic rings. The fraction of sp³-hybridized carbons (Fsp3) is 0.474. The van der Waals surface area contributed by atoms with E-state index in [1.54, 1.807) is 11.7 Å². The number of ether oxygens (including phenoxy) is 1. The first-order chi connectivity index (χ1) is 13.7.